The number of hydrogen-bond acceptors (Lipinski definition) is 3. The lowest BCUT2D eigenvalue weighted by atomic mass is 9.68. The van der Waals surface area contributed by atoms with Gasteiger partial charge in [-0.15, -0.1) is 0 Å². The van der Waals surface area contributed by atoms with Gasteiger partial charge in [0, 0.05) is 19.5 Å². The molecule has 0 atom stereocenters. The number of rotatable bonds is 7. The predicted molar refractivity (Wildman–Crippen MR) is 120 cm³/mol. The van der Waals surface area contributed by atoms with E-state index in [-0.39, 0.29) is 11.7 Å². The van der Waals surface area contributed by atoms with Crippen molar-refractivity contribution in [1.29, 1.82) is 0 Å². The van der Waals surface area contributed by atoms with Crippen molar-refractivity contribution in [1.82, 2.24) is 4.90 Å². The molecule has 1 aliphatic rings. The Balaban J connectivity index is 1.76. The number of benzene rings is 2. The van der Waals surface area contributed by atoms with E-state index < -0.39 is 11.0 Å². The average molecular weight is 428 g/mol. The monoisotopic (exact) mass is 427 g/mol. The van der Waals surface area contributed by atoms with E-state index in [2.05, 4.69) is 0 Å². The zero-order valence-electron chi connectivity index (χ0n) is 18.0. The molecular formula is C25H30ClNO3. The van der Waals surface area contributed by atoms with Gasteiger partial charge in [0.05, 0.1) is 10.4 Å². The number of ketones is 1. The van der Waals surface area contributed by atoms with Gasteiger partial charge >= 0.3 is 0 Å². The number of carbonyl (C=O) groups excluding carboxylic acids is 2. The van der Waals surface area contributed by atoms with Crippen LogP contribution in [0, 0.1) is 0 Å². The van der Waals surface area contributed by atoms with Gasteiger partial charge < -0.3 is 9.64 Å². The number of piperidine rings is 1. The summed E-state index contributed by atoms with van der Waals surface area (Å²) < 4.78 is 5.98. The number of para-hydroxylation sites is 1. The Morgan fingerprint density at radius 3 is 2.23 bits per heavy atom. The Morgan fingerprint density at radius 2 is 1.63 bits per heavy atom. The van der Waals surface area contributed by atoms with Crippen LogP contribution in [0.3, 0.4) is 0 Å². The minimum atomic E-state index is -1.05. The molecule has 0 spiro atoms. The maximum absolute atomic E-state index is 13.3. The van der Waals surface area contributed by atoms with Crippen molar-refractivity contribution < 1.29 is 14.3 Å². The van der Waals surface area contributed by atoms with Gasteiger partial charge in [0.25, 0.3) is 5.91 Å². The van der Waals surface area contributed by atoms with Crippen molar-refractivity contribution in [2.75, 3.05) is 13.1 Å². The van der Waals surface area contributed by atoms with Gasteiger partial charge in [0.2, 0.25) is 0 Å². The Bertz CT molecular complexity index is 886. The third-order valence-electron chi connectivity index (χ3n) is 5.96. The number of carbonyl (C=O) groups is 2. The van der Waals surface area contributed by atoms with E-state index in [1.807, 2.05) is 54.3 Å². The first-order valence-corrected chi connectivity index (χ1v) is 11.0. The molecule has 0 unspecified atom stereocenters. The zero-order chi connectivity index (χ0) is 21.8. The van der Waals surface area contributed by atoms with Crippen LogP contribution >= 0.6 is 11.6 Å². The van der Waals surface area contributed by atoms with E-state index in [1.54, 1.807) is 26.0 Å². The van der Waals surface area contributed by atoms with E-state index >= 15 is 0 Å². The molecule has 1 saturated heterocycles. The maximum atomic E-state index is 13.3. The van der Waals surface area contributed by atoms with Gasteiger partial charge in [-0.3, -0.25) is 9.59 Å². The zero-order valence-corrected chi connectivity index (χ0v) is 18.7. The fraction of sp³-hybridized carbons (Fsp3) is 0.440. The molecule has 4 nitrogen and oxygen atoms in total. The van der Waals surface area contributed by atoms with Crippen LogP contribution in [-0.2, 0) is 15.0 Å². The van der Waals surface area contributed by atoms with Crippen LogP contribution in [-0.4, -0.2) is 35.3 Å². The van der Waals surface area contributed by atoms with Gasteiger partial charge in [0.1, 0.15) is 11.5 Å². The van der Waals surface area contributed by atoms with E-state index in [4.69, 9.17) is 16.3 Å². The molecule has 2 aromatic rings. The summed E-state index contributed by atoms with van der Waals surface area (Å²) in [4.78, 5) is 28.2. The van der Waals surface area contributed by atoms with Crippen LogP contribution in [0.25, 0.3) is 0 Å². The number of ether oxygens (including phenoxy) is 1. The van der Waals surface area contributed by atoms with E-state index in [9.17, 15) is 9.59 Å². The Kier molecular flexibility index (Phi) is 6.87. The van der Waals surface area contributed by atoms with Gasteiger partial charge in [-0.1, -0.05) is 61.0 Å². The summed E-state index contributed by atoms with van der Waals surface area (Å²) in [5.41, 5.74) is -0.505. The number of hydrogen-bond donors (Lipinski definition) is 0. The highest BCUT2D eigenvalue weighted by Gasteiger charge is 2.45. The lowest BCUT2D eigenvalue weighted by Gasteiger charge is -2.43. The summed E-state index contributed by atoms with van der Waals surface area (Å²) in [6, 6.07) is 17.2. The van der Waals surface area contributed by atoms with Gasteiger partial charge in [-0.05, 0) is 50.8 Å². The molecule has 0 N–H and O–H groups in total. The molecule has 30 heavy (non-hydrogen) atoms. The molecule has 2 aromatic carbocycles. The van der Waals surface area contributed by atoms with E-state index in [1.165, 1.54) is 0 Å². The van der Waals surface area contributed by atoms with Crippen LogP contribution in [0.2, 0.25) is 5.02 Å². The molecule has 1 heterocycles. The molecule has 160 valence electrons. The first-order chi connectivity index (χ1) is 14.3. The lowest BCUT2D eigenvalue weighted by molar-refractivity contribution is -0.148. The Labute approximate surface area is 184 Å². The fourth-order valence-electron chi connectivity index (χ4n) is 4.27. The number of halogens is 1. The predicted octanol–water partition coefficient (Wildman–Crippen LogP) is 5.43. The van der Waals surface area contributed by atoms with Crippen LogP contribution in [0.5, 0.6) is 5.75 Å². The Hall–Kier alpha value is -2.33. The highest BCUT2D eigenvalue weighted by molar-refractivity contribution is 6.32. The summed E-state index contributed by atoms with van der Waals surface area (Å²) in [6.45, 7) is 6.61. The highest BCUT2D eigenvalue weighted by Crippen LogP contribution is 2.38. The first-order valence-electron chi connectivity index (χ1n) is 10.6. The molecule has 3 rings (SSSR count). The van der Waals surface area contributed by atoms with Crippen LogP contribution < -0.4 is 4.74 Å². The molecule has 0 radical (unpaired) electrons. The smallest absolute Gasteiger partial charge is 0.266 e. The van der Waals surface area contributed by atoms with Crippen molar-refractivity contribution in [2.45, 2.75) is 57.5 Å². The summed E-state index contributed by atoms with van der Waals surface area (Å²) >= 11 is 6.20. The largest absolute Gasteiger partial charge is 0.476 e. The Morgan fingerprint density at radius 1 is 1.03 bits per heavy atom. The summed E-state index contributed by atoms with van der Waals surface area (Å²) in [5.74, 6) is 0.674. The van der Waals surface area contributed by atoms with Crippen molar-refractivity contribution in [3.8, 4) is 5.75 Å². The number of Topliss-reactive ketones (excluding diaryl/α,β-unsaturated/α-hetero) is 1. The minimum absolute atomic E-state index is 0.0907. The molecule has 1 amide bonds. The standard InChI is InChI=1S/C25H30ClNO3/c1-4-10-22(28)25(19-11-6-5-7-12-19)15-17-27(18-16-25)23(29)24(2,3)30-21-14-9-8-13-20(21)26/h5-9,11-14H,4,10,15-18H2,1-3H3. The summed E-state index contributed by atoms with van der Waals surface area (Å²) in [7, 11) is 0. The SMILES string of the molecule is CCCC(=O)C1(c2ccccc2)CCN(C(=O)C(C)(C)Oc2ccccc2Cl)CC1. The lowest BCUT2D eigenvalue weighted by Crippen LogP contribution is -2.55. The number of amides is 1. The molecule has 5 heteroatoms. The molecule has 0 bridgehead atoms. The van der Waals surface area contributed by atoms with Crippen molar-refractivity contribution >= 4 is 23.3 Å². The van der Waals surface area contributed by atoms with Crippen LogP contribution in [0.15, 0.2) is 54.6 Å². The maximum Gasteiger partial charge on any atom is 0.266 e. The second kappa shape index (κ2) is 9.22. The molecule has 0 saturated carbocycles. The fourth-order valence-corrected chi connectivity index (χ4v) is 4.44. The quantitative estimate of drug-likeness (QED) is 0.592. The van der Waals surface area contributed by atoms with Gasteiger partial charge in [0.15, 0.2) is 5.60 Å². The van der Waals surface area contributed by atoms with Crippen LogP contribution in [0.4, 0.5) is 0 Å². The summed E-state index contributed by atoms with van der Waals surface area (Å²) in [5, 5.41) is 0.477. The average Bonchev–Trinajstić information content (AvgIpc) is 2.75. The normalized spacial score (nSPS) is 16.2. The third-order valence-corrected chi connectivity index (χ3v) is 6.27. The molecule has 1 fully saturated rings. The number of likely N-dealkylation sites (tertiary alicyclic amines) is 1. The van der Waals surface area contributed by atoms with Crippen molar-refractivity contribution in [2.24, 2.45) is 0 Å². The second-order valence-corrected chi connectivity index (χ2v) is 8.86. The molecule has 0 aliphatic carbocycles. The topological polar surface area (TPSA) is 46.6 Å². The van der Waals surface area contributed by atoms with E-state index in [0.717, 1.165) is 12.0 Å². The third kappa shape index (κ3) is 4.54. The highest BCUT2D eigenvalue weighted by atomic mass is 35.5. The molecule has 1 aliphatic heterocycles. The molecular weight excluding hydrogens is 398 g/mol. The van der Waals surface area contributed by atoms with Gasteiger partial charge in [-0.25, -0.2) is 0 Å². The molecule has 0 aromatic heterocycles. The van der Waals surface area contributed by atoms with E-state index in [0.29, 0.717) is 43.1 Å². The minimum Gasteiger partial charge on any atom is -0.476 e. The second-order valence-electron chi connectivity index (χ2n) is 8.46. The van der Waals surface area contributed by atoms with Gasteiger partial charge in [-0.2, -0.15) is 0 Å². The van der Waals surface area contributed by atoms with Crippen molar-refractivity contribution in [3.05, 3.63) is 65.2 Å². The number of nitrogens with zero attached hydrogens (tertiary/aromatic N) is 1. The van der Waals surface area contributed by atoms with Crippen molar-refractivity contribution in [3.63, 3.8) is 0 Å². The summed E-state index contributed by atoms with van der Waals surface area (Å²) in [6.07, 6.45) is 2.65. The first kappa shape index (κ1) is 22.4. The van der Waals surface area contributed by atoms with Crippen LogP contribution in [0.1, 0.15) is 52.0 Å².